The Hall–Kier alpha value is -3.11. The summed E-state index contributed by atoms with van der Waals surface area (Å²) in [5.74, 6) is -0.506. The lowest BCUT2D eigenvalue weighted by Gasteiger charge is -2.31. The van der Waals surface area contributed by atoms with Crippen molar-refractivity contribution >= 4 is 29.1 Å². The molecule has 1 heterocycles. The number of nitrogens with one attached hydrogen (secondary N) is 1. The number of carbonyl (C=O) groups is 2. The first kappa shape index (κ1) is 18.3. The number of hydrogen-bond acceptors (Lipinski definition) is 2. The van der Waals surface area contributed by atoms with Crippen LogP contribution in [0.2, 0.25) is 5.02 Å². The van der Waals surface area contributed by atoms with Crippen molar-refractivity contribution in [1.29, 1.82) is 0 Å². The van der Waals surface area contributed by atoms with Crippen molar-refractivity contribution < 1.29 is 9.59 Å². The molecule has 0 aliphatic carbocycles. The van der Waals surface area contributed by atoms with E-state index in [4.69, 9.17) is 11.6 Å². The maximum atomic E-state index is 13.4. The zero-order valence-corrected chi connectivity index (χ0v) is 16.1. The van der Waals surface area contributed by atoms with Crippen LogP contribution in [0.15, 0.2) is 72.8 Å². The van der Waals surface area contributed by atoms with Gasteiger partial charge in [0.05, 0.1) is 16.6 Å². The summed E-state index contributed by atoms with van der Waals surface area (Å²) in [7, 11) is 0. The number of benzene rings is 3. The molecular formula is C23H19ClN2O2. The lowest BCUT2D eigenvalue weighted by Crippen LogP contribution is -2.39. The summed E-state index contributed by atoms with van der Waals surface area (Å²) in [4.78, 5) is 27.7. The van der Waals surface area contributed by atoms with E-state index in [1.54, 1.807) is 29.2 Å². The normalized spacial score (nSPS) is 16.1. The molecule has 1 aliphatic heterocycles. The summed E-state index contributed by atoms with van der Waals surface area (Å²) in [5, 5.41) is 3.32. The van der Waals surface area contributed by atoms with Crippen LogP contribution in [0, 0.1) is 6.92 Å². The molecule has 1 aliphatic rings. The van der Waals surface area contributed by atoms with E-state index in [0.29, 0.717) is 10.6 Å². The van der Waals surface area contributed by atoms with Crippen LogP contribution in [0.4, 0.5) is 5.69 Å². The van der Waals surface area contributed by atoms with Gasteiger partial charge in [-0.1, -0.05) is 66.2 Å². The van der Waals surface area contributed by atoms with Gasteiger partial charge in [-0.2, -0.15) is 0 Å². The minimum absolute atomic E-state index is 0.0582. The number of aryl methyl sites for hydroxylation is 1. The van der Waals surface area contributed by atoms with E-state index in [0.717, 1.165) is 22.4 Å². The first-order chi connectivity index (χ1) is 13.5. The van der Waals surface area contributed by atoms with E-state index < -0.39 is 6.04 Å². The molecule has 140 valence electrons. The molecule has 0 saturated carbocycles. The molecule has 3 aromatic rings. The molecule has 0 unspecified atom stereocenters. The second-order valence-corrected chi connectivity index (χ2v) is 7.27. The van der Waals surface area contributed by atoms with Gasteiger partial charge in [0.1, 0.15) is 6.54 Å². The van der Waals surface area contributed by atoms with Gasteiger partial charge in [0.25, 0.3) is 5.91 Å². The number of carbonyl (C=O) groups excluding carboxylic acids is 2. The van der Waals surface area contributed by atoms with E-state index >= 15 is 0 Å². The number of amides is 2. The van der Waals surface area contributed by atoms with E-state index in [-0.39, 0.29) is 18.4 Å². The zero-order chi connectivity index (χ0) is 19.7. The molecule has 28 heavy (non-hydrogen) atoms. The van der Waals surface area contributed by atoms with E-state index in [2.05, 4.69) is 5.32 Å². The molecule has 0 bridgehead atoms. The van der Waals surface area contributed by atoms with Gasteiger partial charge in [0.2, 0.25) is 5.91 Å². The van der Waals surface area contributed by atoms with Crippen LogP contribution in [0.1, 0.15) is 33.1 Å². The highest BCUT2D eigenvalue weighted by atomic mass is 35.5. The first-order valence-corrected chi connectivity index (χ1v) is 9.43. The van der Waals surface area contributed by atoms with Crippen LogP contribution in [-0.2, 0) is 4.79 Å². The number of nitrogens with zero attached hydrogens (tertiary/aromatic N) is 1. The summed E-state index contributed by atoms with van der Waals surface area (Å²) < 4.78 is 0. The largest absolute Gasteiger partial charge is 0.324 e. The molecule has 4 rings (SSSR count). The quantitative estimate of drug-likeness (QED) is 0.681. The van der Waals surface area contributed by atoms with Crippen molar-refractivity contribution in [2.24, 2.45) is 0 Å². The Bertz CT molecular complexity index is 1050. The average molecular weight is 391 g/mol. The maximum absolute atomic E-state index is 13.4. The standard InChI is InChI=1S/C23H19ClN2O2/c1-15-11-12-18-20(13-15)25-21(27)14-26(22(18)16-7-3-2-4-8-16)23(28)17-9-5-6-10-19(17)24/h2-13,22H,14H2,1H3,(H,25,27)/t22-/m0/s1. The maximum Gasteiger partial charge on any atom is 0.256 e. The highest BCUT2D eigenvalue weighted by Crippen LogP contribution is 2.37. The highest BCUT2D eigenvalue weighted by Gasteiger charge is 2.34. The minimum Gasteiger partial charge on any atom is -0.324 e. The van der Waals surface area contributed by atoms with Gasteiger partial charge in [-0.15, -0.1) is 0 Å². The smallest absolute Gasteiger partial charge is 0.256 e. The predicted molar refractivity (Wildman–Crippen MR) is 111 cm³/mol. The molecule has 1 N–H and O–H groups in total. The Balaban J connectivity index is 1.90. The second kappa shape index (κ2) is 7.49. The highest BCUT2D eigenvalue weighted by molar-refractivity contribution is 6.33. The van der Waals surface area contributed by atoms with Crippen LogP contribution in [-0.4, -0.2) is 23.3 Å². The Labute approximate surface area is 168 Å². The molecule has 1 atom stereocenters. The summed E-state index contributed by atoms with van der Waals surface area (Å²) in [6.07, 6.45) is 0. The number of fused-ring (bicyclic) bond motifs is 1. The Morgan fingerprint density at radius 2 is 1.75 bits per heavy atom. The average Bonchev–Trinajstić information content (AvgIpc) is 2.83. The lowest BCUT2D eigenvalue weighted by atomic mass is 9.94. The molecule has 5 heteroatoms. The first-order valence-electron chi connectivity index (χ1n) is 9.05. The van der Waals surface area contributed by atoms with Gasteiger partial charge in [0, 0.05) is 11.3 Å². The summed E-state index contributed by atoms with van der Waals surface area (Å²) in [5.41, 5.74) is 3.96. The van der Waals surface area contributed by atoms with Crippen molar-refractivity contribution in [2.45, 2.75) is 13.0 Å². The summed E-state index contributed by atoms with van der Waals surface area (Å²) >= 11 is 6.28. The predicted octanol–water partition coefficient (Wildman–Crippen LogP) is 4.83. The second-order valence-electron chi connectivity index (χ2n) is 6.87. The van der Waals surface area contributed by atoms with Crippen molar-refractivity contribution in [3.05, 3.63) is 100 Å². The van der Waals surface area contributed by atoms with Gasteiger partial charge >= 0.3 is 0 Å². The monoisotopic (exact) mass is 390 g/mol. The molecule has 0 spiro atoms. The zero-order valence-electron chi connectivity index (χ0n) is 15.4. The molecule has 0 fully saturated rings. The van der Waals surface area contributed by atoms with Crippen LogP contribution >= 0.6 is 11.6 Å². The number of rotatable bonds is 2. The van der Waals surface area contributed by atoms with E-state index in [9.17, 15) is 9.59 Å². The fourth-order valence-corrected chi connectivity index (χ4v) is 3.81. The molecule has 0 saturated heterocycles. The SMILES string of the molecule is Cc1ccc2c(c1)NC(=O)CN(C(=O)c1ccccc1Cl)[C@H]2c1ccccc1. The number of anilines is 1. The lowest BCUT2D eigenvalue weighted by molar-refractivity contribution is -0.117. The van der Waals surface area contributed by atoms with Crippen molar-refractivity contribution in [2.75, 3.05) is 11.9 Å². The molecule has 3 aromatic carbocycles. The van der Waals surface area contributed by atoms with Crippen LogP contribution in [0.3, 0.4) is 0 Å². The Kier molecular flexibility index (Phi) is 4.88. The Morgan fingerprint density at radius 1 is 1.04 bits per heavy atom. The topological polar surface area (TPSA) is 49.4 Å². The van der Waals surface area contributed by atoms with Gasteiger partial charge in [-0.25, -0.2) is 0 Å². The third-order valence-corrected chi connectivity index (χ3v) is 5.21. The van der Waals surface area contributed by atoms with Gasteiger partial charge < -0.3 is 10.2 Å². The number of halogens is 1. The van der Waals surface area contributed by atoms with Crippen LogP contribution in [0.25, 0.3) is 0 Å². The van der Waals surface area contributed by atoms with E-state index in [1.807, 2.05) is 55.5 Å². The van der Waals surface area contributed by atoms with Gasteiger partial charge in [-0.05, 0) is 36.2 Å². The fraction of sp³-hybridized carbons (Fsp3) is 0.130. The fourth-order valence-electron chi connectivity index (χ4n) is 3.59. The van der Waals surface area contributed by atoms with Gasteiger partial charge in [-0.3, -0.25) is 9.59 Å². The Morgan fingerprint density at radius 3 is 2.50 bits per heavy atom. The molecule has 0 aromatic heterocycles. The van der Waals surface area contributed by atoms with Crippen LogP contribution < -0.4 is 5.32 Å². The minimum atomic E-state index is -0.403. The molecule has 2 amide bonds. The van der Waals surface area contributed by atoms with E-state index in [1.165, 1.54) is 0 Å². The van der Waals surface area contributed by atoms with Crippen LogP contribution in [0.5, 0.6) is 0 Å². The van der Waals surface area contributed by atoms with Crippen molar-refractivity contribution in [3.8, 4) is 0 Å². The third-order valence-electron chi connectivity index (χ3n) is 4.88. The molecule has 0 radical (unpaired) electrons. The summed E-state index contributed by atoms with van der Waals surface area (Å²) in [6.45, 7) is 1.92. The summed E-state index contributed by atoms with van der Waals surface area (Å²) in [6, 6.07) is 22.1. The van der Waals surface area contributed by atoms with Gasteiger partial charge in [0.15, 0.2) is 0 Å². The third kappa shape index (κ3) is 3.39. The molecule has 4 nitrogen and oxygen atoms in total. The molecular weight excluding hydrogens is 372 g/mol. The van der Waals surface area contributed by atoms with Crippen molar-refractivity contribution in [1.82, 2.24) is 4.90 Å². The van der Waals surface area contributed by atoms with Crippen molar-refractivity contribution in [3.63, 3.8) is 0 Å². The number of hydrogen-bond donors (Lipinski definition) is 1.